The molecule has 0 aliphatic rings. The first-order valence-electron chi connectivity index (χ1n) is 8.34. The molecule has 27 heavy (non-hydrogen) atoms. The van der Waals surface area contributed by atoms with E-state index < -0.39 is 5.97 Å². The fourth-order valence-electron chi connectivity index (χ4n) is 2.56. The zero-order valence-electron chi connectivity index (χ0n) is 14.5. The number of nitrogens with zero attached hydrogens (tertiary/aromatic N) is 1. The van der Waals surface area contributed by atoms with Crippen LogP contribution in [0.4, 0.5) is 0 Å². The Labute approximate surface area is 161 Å². The molecule has 136 valence electrons. The minimum absolute atomic E-state index is 0.0233. The number of carboxylic acids is 1. The molecule has 0 aromatic heterocycles. The minimum atomic E-state index is -0.882. The summed E-state index contributed by atoms with van der Waals surface area (Å²) >= 11 is 1.23. The van der Waals surface area contributed by atoms with E-state index in [0.717, 1.165) is 16.3 Å². The average molecular weight is 378 g/mol. The molecule has 0 fully saturated rings. The maximum atomic E-state index is 12.5. The van der Waals surface area contributed by atoms with Crippen LogP contribution in [0.25, 0.3) is 10.8 Å². The molecule has 0 saturated heterocycles. The Bertz CT molecular complexity index is 987. The second kappa shape index (κ2) is 9.00. The van der Waals surface area contributed by atoms with Crippen molar-refractivity contribution in [3.8, 4) is 0 Å². The van der Waals surface area contributed by atoms with Crippen LogP contribution in [-0.2, 0) is 4.79 Å². The fraction of sp³-hybridized carbons (Fsp3) is 0.0952. The van der Waals surface area contributed by atoms with E-state index >= 15 is 0 Å². The van der Waals surface area contributed by atoms with E-state index in [1.807, 2.05) is 66.7 Å². The van der Waals surface area contributed by atoms with E-state index in [0.29, 0.717) is 17.0 Å². The van der Waals surface area contributed by atoms with Gasteiger partial charge in [-0.2, -0.15) is 5.10 Å². The van der Waals surface area contributed by atoms with Gasteiger partial charge in [-0.25, -0.2) is 5.43 Å². The number of hydrogen-bond acceptors (Lipinski definition) is 4. The summed E-state index contributed by atoms with van der Waals surface area (Å²) in [5.41, 5.74) is 4.57. The first-order chi connectivity index (χ1) is 13.1. The number of hydrazone groups is 1. The van der Waals surface area contributed by atoms with Crippen LogP contribution < -0.4 is 5.43 Å². The molecule has 0 aliphatic heterocycles. The molecule has 0 saturated carbocycles. The third kappa shape index (κ3) is 5.18. The van der Waals surface area contributed by atoms with Gasteiger partial charge in [0.2, 0.25) is 0 Å². The molecule has 6 heteroatoms. The lowest BCUT2D eigenvalue weighted by atomic mass is 10.1. The summed E-state index contributed by atoms with van der Waals surface area (Å²) in [6, 6.07) is 22.7. The van der Waals surface area contributed by atoms with Crippen LogP contribution in [0.3, 0.4) is 0 Å². The highest BCUT2D eigenvalue weighted by atomic mass is 32.2. The molecule has 0 unspecified atom stereocenters. The van der Waals surface area contributed by atoms with Gasteiger partial charge in [-0.15, -0.1) is 11.8 Å². The van der Waals surface area contributed by atoms with Crippen molar-refractivity contribution < 1.29 is 14.7 Å². The van der Waals surface area contributed by atoms with Crippen molar-refractivity contribution in [2.75, 3.05) is 11.5 Å². The van der Waals surface area contributed by atoms with Crippen molar-refractivity contribution in [2.24, 2.45) is 5.10 Å². The molecule has 3 rings (SSSR count). The lowest BCUT2D eigenvalue weighted by molar-refractivity contribution is -0.133. The summed E-state index contributed by atoms with van der Waals surface area (Å²) in [6.07, 6.45) is 0. The van der Waals surface area contributed by atoms with Crippen LogP contribution in [0.15, 0.2) is 77.9 Å². The van der Waals surface area contributed by atoms with Gasteiger partial charge in [0.1, 0.15) is 0 Å². The van der Waals surface area contributed by atoms with Crippen molar-refractivity contribution in [1.29, 1.82) is 0 Å². The topological polar surface area (TPSA) is 78.8 Å². The number of nitrogens with one attached hydrogen (secondary N) is 1. The van der Waals surface area contributed by atoms with Crippen LogP contribution in [0, 0.1) is 0 Å². The summed E-state index contributed by atoms with van der Waals surface area (Å²) in [4.78, 5) is 23.2. The van der Waals surface area contributed by atoms with Gasteiger partial charge in [0.15, 0.2) is 0 Å². The number of hydrogen-bond donors (Lipinski definition) is 2. The fourth-order valence-corrected chi connectivity index (χ4v) is 3.26. The smallest absolute Gasteiger partial charge is 0.313 e. The maximum Gasteiger partial charge on any atom is 0.313 e. The van der Waals surface area contributed by atoms with Crippen LogP contribution in [0.5, 0.6) is 0 Å². The van der Waals surface area contributed by atoms with E-state index in [2.05, 4.69) is 10.5 Å². The Balaban J connectivity index is 1.77. The molecule has 0 spiro atoms. The number of carbonyl (C=O) groups is 2. The number of rotatable bonds is 7. The van der Waals surface area contributed by atoms with Gasteiger partial charge in [-0.05, 0) is 28.5 Å². The minimum Gasteiger partial charge on any atom is -0.481 e. The van der Waals surface area contributed by atoms with E-state index in [4.69, 9.17) is 5.11 Å². The summed E-state index contributed by atoms with van der Waals surface area (Å²) in [7, 11) is 0. The Morgan fingerprint density at radius 2 is 1.56 bits per heavy atom. The SMILES string of the molecule is O=C(O)CSC/C(=N/NC(=O)c1ccc2ccccc2c1)c1ccccc1. The van der Waals surface area contributed by atoms with Crippen molar-refractivity contribution >= 4 is 40.1 Å². The molecule has 0 bridgehead atoms. The quantitative estimate of drug-likeness (QED) is 0.484. The molecular weight excluding hydrogens is 360 g/mol. The zero-order valence-corrected chi connectivity index (χ0v) is 15.3. The normalized spacial score (nSPS) is 11.3. The van der Waals surface area contributed by atoms with Crippen LogP contribution in [0.1, 0.15) is 15.9 Å². The maximum absolute atomic E-state index is 12.5. The predicted molar refractivity (Wildman–Crippen MR) is 109 cm³/mol. The molecule has 0 radical (unpaired) electrons. The van der Waals surface area contributed by atoms with E-state index in [-0.39, 0.29) is 11.7 Å². The number of carboxylic acid groups (broad SMARTS) is 1. The third-order valence-corrected chi connectivity index (χ3v) is 4.80. The van der Waals surface area contributed by atoms with Gasteiger partial charge in [0, 0.05) is 11.3 Å². The summed E-state index contributed by atoms with van der Waals surface area (Å²) in [5, 5.41) is 15.1. The highest BCUT2D eigenvalue weighted by Crippen LogP contribution is 2.15. The molecule has 3 aromatic carbocycles. The average Bonchev–Trinajstić information content (AvgIpc) is 2.70. The highest BCUT2D eigenvalue weighted by Gasteiger charge is 2.09. The lowest BCUT2D eigenvalue weighted by Gasteiger charge is -2.07. The van der Waals surface area contributed by atoms with E-state index in [1.165, 1.54) is 11.8 Å². The number of aliphatic carboxylic acids is 1. The molecular formula is C21H18N2O3S. The summed E-state index contributed by atoms with van der Waals surface area (Å²) in [6.45, 7) is 0. The third-order valence-electron chi connectivity index (χ3n) is 3.88. The Morgan fingerprint density at radius 1 is 0.852 bits per heavy atom. The van der Waals surface area contributed by atoms with Crippen molar-refractivity contribution in [1.82, 2.24) is 5.43 Å². The zero-order chi connectivity index (χ0) is 19.1. The van der Waals surface area contributed by atoms with Crippen LogP contribution >= 0.6 is 11.8 Å². The van der Waals surface area contributed by atoms with Crippen LogP contribution in [-0.4, -0.2) is 34.2 Å². The molecule has 0 heterocycles. The largest absolute Gasteiger partial charge is 0.481 e. The van der Waals surface area contributed by atoms with Gasteiger partial charge in [-0.1, -0.05) is 60.7 Å². The molecule has 0 atom stereocenters. The monoisotopic (exact) mass is 378 g/mol. The second-order valence-electron chi connectivity index (χ2n) is 5.81. The van der Waals surface area contributed by atoms with Gasteiger partial charge in [0.25, 0.3) is 5.91 Å². The number of amides is 1. The molecule has 0 aliphatic carbocycles. The van der Waals surface area contributed by atoms with Crippen LogP contribution in [0.2, 0.25) is 0 Å². The standard InChI is InChI=1S/C21H18N2O3S/c24-20(25)14-27-13-19(16-7-2-1-3-8-16)22-23-21(26)18-11-10-15-6-4-5-9-17(15)12-18/h1-12H,13-14H2,(H,23,26)(H,24,25)/b22-19-. The van der Waals surface area contributed by atoms with Gasteiger partial charge in [0.05, 0.1) is 11.5 Å². The van der Waals surface area contributed by atoms with E-state index in [1.54, 1.807) is 6.07 Å². The first-order valence-corrected chi connectivity index (χ1v) is 9.49. The number of benzene rings is 3. The lowest BCUT2D eigenvalue weighted by Crippen LogP contribution is -2.21. The van der Waals surface area contributed by atoms with Gasteiger partial charge in [-0.3, -0.25) is 9.59 Å². The molecule has 2 N–H and O–H groups in total. The predicted octanol–water partition coefficient (Wildman–Crippen LogP) is 3.79. The van der Waals surface area contributed by atoms with Crippen molar-refractivity contribution in [3.05, 3.63) is 83.9 Å². The number of carbonyl (C=O) groups excluding carboxylic acids is 1. The Morgan fingerprint density at radius 3 is 2.30 bits per heavy atom. The second-order valence-corrected chi connectivity index (χ2v) is 6.80. The molecule has 3 aromatic rings. The molecule has 1 amide bonds. The van der Waals surface area contributed by atoms with E-state index in [9.17, 15) is 9.59 Å². The van der Waals surface area contributed by atoms with Gasteiger partial charge >= 0.3 is 5.97 Å². The molecule has 5 nitrogen and oxygen atoms in total. The first kappa shape index (κ1) is 18.7. The highest BCUT2D eigenvalue weighted by molar-refractivity contribution is 8.00. The number of thioether (sulfide) groups is 1. The summed E-state index contributed by atoms with van der Waals surface area (Å²) < 4.78 is 0. The van der Waals surface area contributed by atoms with Gasteiger partial charge < -0.3 is 5.11 Å². The Hall–Kier alpha value is -3.12. The Kier molecular flexibility index (Phi) is 6.22. The van der Waals surface area contributed by atoms with Crippen molar-refractivity contribution in [2.45, 2.75) is 0 Å². The number of fused-ring (bicyclic) bond motifs is 1. The summed E-state index contributed by atoms with van der Waals surface area (Å²) in [5.74, 6) is -0.830. The van der Waals surface area contributed by atoms with Crippen molar-refractivity contribution in [3.63, 3.8) is 0 Å².